The van der Waals surface area contributed by atoms with Crippen LogP contribution in [-0.4, -0.2) is 15.6 Å². The molecule has 0 saturated carbocycles. The first-order chi connectivity index (χ1) is 8.88. The molecule has 5 heteroatoms. The molecule has 1 aromatic carbocycles. The van der Waals surface area contributed by atoms with Crippen molar-refractivity contribution < 1.29 is 14.3 Å². The van der Waals surface area contributed by atoms with Crippen LogP contribution in [0.1, 0.15) is 27.2 Å². The molecule has 1 aromatic heterocycles. The molecule has 0 fully saturated rings. The summed E-state index contributed by atoms with van der Waals surface area (Å²) >= 11 is 2.08. The summed E-state index contributed by atoms with van der Waals surface area (Å²) in [6.45, 7) is 3.85. The average Bonchev–Trinajstić information content (AvgIpc) is 2.67. The highest BCUT2D eigenvalue weighted by atomic mass is 127. The van der Waals surface area contributed by atoms with Gasteiger partial charge in [0.15, 0.2) is 0 Å². The zero-order valence-electron chi connectivity index (χ0n) is 10.6. The number of nitrogens with zero attached hydrogens (tertiary/aromatic N) is 1. The molecule has 2 aromatic rings. The molecule has 0 aliphatic heterocycles. The van der Waals surface area contributed by atoms with Crippen molar-refractivity contribution >= 4 is 28.6 Å². The minimum atomic E-state index is -0.960. The fourth-order valence-electron chi connectivity index (χ4n) is 2.11. The zero-order valence-corrected chi connectivity index (χ0v) is 12.7. The van der Waals surface area contributed by atoms with E-state index in [1.54, 1.807) is 42.8 Å². The van der Waals surface area contributed by atoms with E-state index in [2.05, 4.69) is 22.6 Å². The molecular weight excluding hydrogens is 360 g/mol. The molecule has 0 aliphatic rings. The Bertz CT molecular complexity index is 626. The van der Waals surface area contributed by atoms with Gasteiger partial charge in [-0.15, -0.1) is 0 Å². The molecular formula is C14H13FINO2. The van der Waals surface area contributed by atoms with Gasteiger partial charge >= 0.3 is 5.97 Å². The van der Waals surface area contributed by atoms with Crippen molar-refractivity contribution in [2.75, 3.05) is 0 Å². The molecule has 2 rings (SSSR count). The van der Waals surface area contributed by atoms with Gasteiger partial charge in [-0.05, 0) is 59.2 Å². The van der Waals surface area contributed by atoms with Gasteiger partial charge in [0.2, 0.25) is 0 Å². The molecule has 3 nitrogen and oxygen atoms in total. The van der Waals surface area contributed by atoms with Crippen molar-refractivity contribution in [1.29, 1.82) is 0 Å². The van der Waals surface area contributed by atoms with Crippen LogP contribution in [0.15, 0.2) is 24.4 Å². The van der Waals surface area contributed by atoms with E-state index in [0.29, 0.717) is 17.7 Å². The molecule has 1 N–H and O–H groups in total. The largest absolute Gasteiger partial charge is 0.477 e. The lowest BCUT2D eigenvalue weighted by Crippen LogP contribution is -2.09. The third kappa shape index (κ3) is 2.97. The first kappa shape index (κ1) is 14.0. The zero-order chi connectivity index (χ0) is 14.2. The number of carboxylic acids is 1. The van der Waals surface area contributed by atoms with Crippen molar-refractivity contribution in [3.05, 3.63) is 56.2 Å². The van der Waals surface area contributed by atoms with Crippen LogP contribution in [0.5, 0.6) is 0 Å². The Morgan fingerprint density at radius 2 is 1.89 bits per heavy atom. The first-order valence-electron chi connectivity index (χ1n) is 5.73. The molecule has 100 valence electrons. The van der Waals surface area contributed by atoms with Crippen LogP contribution in [-0.2, 0) is 6.54 Å². The summed E-state index contributed by atoms with van der Waals surface area (Å²) in [5.41, 5.74) is 2.29. The minimum Gasteiger partial charge on any atom is -0.477 e. The third-order valence-corrected chi connectivity index (χ3v) is 3.52. The quantitative estimate of drug-likeness (QED) is 0.836. The van der Waals surface area contributed by atoms with E-state index in [1.807, 2.05) is 0 Å². The SMILES string of the molecule is Cc1cc(Cn2cc(I)cc2C(=O)O)cc(C)c1F. The molecule has 0 spiro atoms. The summed E-state index contributed by atoms with van der Waals surface area (Å²) < 4.78 is 16.1. The maximum Gasteiger partial charge on any atom is 0.352 e. The fraction of sp³-hybridized carbons (Fsp3) is 0.214. The highest BCUT2D eigenvalue weighted by Gasteiger charge is 2.12. The number of aromatic nitrogens is 1. The Morgan fingerprint density at radius 3 is 2.42 bits per heavy atom. The number of rotatable bonds is 3. The highest BCUT2D eigenvalue weighted by molar-refractivity contribution is 14.1. The number of benzene rings is 1. The number of hydrogen-bond donors (Lipinski definition) is 1. The Hall–Kier alpha value is -1.37. The Labute approximate surface area is 124 Å². The van der Waals surface area contributed by atoms with Crippen LogP contribution in [0.2, 0.25) is 0 Å². The van der Waals surface area contributed by atoms with Gasteiger partial charge in [0.05, 0.1) is 0 Å². The van der Waals surface area contributed by atoms with E-state index >= 15 is 0 Å². The molecule has 0 bridgehead atoms. The maximum atomic E-state index is 13.6. The van der Waals surface area contributed by atoms with Crippen LogP contribution in [0, 0.1) is 23.2 Å². The molecule has 0 amide bonds. The Balaban J connectivity index is 2.39. The summed E-state index contributed by atoms with van der Waals surface area (Å²) in [5.74, 6) is -1.16. The van der Waals surface area contributed by atoms with Crippen LogP contribution >= 0.6 is 22.6 Å². The second-order valence-electron chi connectivity index (χ2n) is 4.52. The lowest BCUT2D eigenvalue weighted by molar-refractivity contribution is 0.0685. The van der Waals surface area contributed by atoms with Gasteiger partial charge in [-0.3, -0.25) is 0 Å². The van der Waals surface area contributed by atoms with Crippen LogP contribution < -0.4 is 0 Å². The number of carboxylic acid groups (broad SMARTS) is 1. The number of hydrogen-bond acceptors (Lipinski definition) is 1. The van der Waals surface area contributed by atoms with E-state index in [4.69, 9.17) is 5.11 Å². The maximum absolute atomic E-state index is 13.6. The predicted molar refractivity (Wildman–Crippen MR) is 79.1 cm³/mol. The number of halogens is 2. The lowest BCUT2D eigenvalue weighted by atomic mass is 10.1. The predicted octanol–water partition coefficient (Wildman–Crippen LogP) is 3.60. The van der Waals surface area contributed by atoms with Gasteiger partial charge in [-0.1, -0.05) is 12.1 Å². The number of aryl methyl sites for hydroxylation is 2. The summed E-state index contributed by atoms with van der Waals surface area (Å²) in [4.78, 5) is 11.1. The number of carbonyl (C=O) groups is 1. The minimum absolute atomic E-state index is 0.204. The average molecular weight is 373 g/mol. The van der Waals surface area contributed by atoms with Gasteiger partial charge in [-0.2, -0.15) is 0 Å². The molecule has 0 saturated heterocycles. The second-order valence-corrected chi connectivity index (χ2v) is 5.77. The third-order valence-electron chi connectivity index (χ3n) is 2.93. The van der Waals surface area contributed by atoms with E-state index < -0.39 is 5.97 Å². The van der Waals surface area contributed by atoms with Gasteiger partial charge in [0, 0.05) is 16.3 Å². The van der Waals surface area contributed by atoms with E-state index in [9.17, 15) is 9.18 Å². The monoisotopic (exact) mass is 373 g/mol. The van der Waals surface area contributed by atoms with E-state index in [-0.39, 0.29) is 11.5 Å². The van der Waals surface area contributed by atoms with Gasteiger partial charge in [-0.25, -0.2) is 9.18 Å². The molecule has 1 heterocycles. The van der Waals surface area contributed by atoms with Gasteiger partial charge in [0.1, 0.15) is 11.5 Å². The molecule has 0 unspecified atom stereocenters. The van der Waals surface area contributed by atoms with E-state index in [1.165, 1.54) is 0 Å². The molecule has 19 heavy (non-hydrogen) atoms. The fourth-order valence-corrected chi connectivity index (χ4v) is 2.74. The molecule has 0 radical (unpaired) electrons. The van der Waals surface area contributed by atoms with Gasteiger partial charge in [0.25, 0.3) is 0 Å². The lowest BCUT2D eigenvalue weighted by Gasteiger charge is -2.09. The highest BCUT2D eigenvalue weighted by Crippen LogP contribution is 2.18. The number of aromatic carboxylic acids is 1. The normalized spacial score (nSPS) is 10.7. The van der Waals surface area contributed by atoms with E-state index in [0.717, 1.165) is 9.13 Å². The van der Waals surface area contributed by atoms with Crippen LogP contribution in [0.3, 0.4) is 0 Å². The first-order valence-corrected chi connectivity index (χ1v) is 6.81. The summed E-state index contributed by atoms with van der Waals surface area (Å²) in [7, 11) is 0. The molecule has 0 aliphatic carbocycles. The van der Waals surface area contributed by atoms with Crippen molar-refractivity contribution in [2.45, 2.75) is 20.4 Å². The van der Waals surface area contributed by atoms with Crippen LogP contribution in [0.25, 0.3) is 0 Å². The Morgan fingerprint density at radius 1 is 1.32 bits per heavy atom. The topological polar surface area (TPSA) is 42.2 Å². The van der Waals surface area contributed by atoms with Crippen molar-refractivity contribution in [3.63, 3.8) is 0 Å². The molecule has 0 atom stereocenters. The van der Waals surface area contributed by atoms with Crippen molar-refractivity contribution in [1.82, 2.24) is 4.57 Å². The summed E-state index contributed by atoms with van der Waals surface area (Å²) in [5, 5.41) is 9.13. The van der Waals surface area contributed by atoms with Crippen molar-refractivity contribution in [3.8, 4) is 0 Å². The summed E-state index contributed by atoms with van der Waals surface area (Å²) in [6.07, 6.45) is 1.78. The van der Waals surface area contributed by atoms with Crippen molar-refractivity contribution in [2.24, 2.45) is 0 Å². The smallest absolute Gasteiger partial charge is 0.352 e. The standard InChI is InChI=1S/C14H13FINO2/c1-8-3-10(4-9(2)13(8)15)6-17-7-11(16)5-12(17)14(18)19/h3-5,7H,6H2,1-2H3,(H,18,19). The summed E-state index contributed by atoms with van der Waals surface area (Å²) in [6, 6.07) is 5.12. The van der Waals surface area contributed by atoms with Gasteiger partial charge < -0.3 is 9.67 Å². The second kappa shape index (κ2) is 5.32. The van der Waals surface area contributed by atoms with Crippen LogP contribution in [0.4, 0.5) is 4.39 Å². The Kier molecular flexibility index (Phi) is 3.93.